The number of aromatic nitrogens is 2. The monoisotopic (exact) mass is 500 g/mol. The molecule has 0 bridgehead atoms. The van der Waals surface area contributed by atoms with Crippen LogP contribution < -0.4 is 20.4 Å². The number of hydrogen-bond acceptors (Lipinski definition) is 6. The van der Waals surface area contributed by atoms with Gasteiger partial charge < -0.3 is 20.4 Å². The molecule has 0 amide bonds. The summed E-state index contributed by atoms with van der Waals surface area (Å²) in [6, 6.07) is 5.31. The first-order valence-electron chi connectivity index (χ1n) is 12.2. The van der Waals surface area contributed by atoms with E-state index in [1.165, 1.54) is 6.07 Å². The van der Waals surface area contributed by atoms with Gasteiger partial charge >= 0.3 is 0 Å². The number of benzene rings is 2. The van der Waals surface area contributed by atoms with Gasteiger partial charge in [0.2, 0.25) is 5.95 Å². The first-order valence-corrected chi connectivity index (χ1v) is 12.2. The SMILES string of the molecule is CC(C)N1CCCc2c(F)cc(-c3nc(Nc4cc(F)c(N5CCNCC5)cc4F)ncc3F)cc21. The smallest absolute Gasteiger partial charge is 0.228 e. The highest BCUT2D eigenvalue weighted by Gasteiger charge is 2.25. The fourth-order valence-electron chi connectivity index (χ4n) is 4.88. The molecule has 10 heteroatoms. The molecule has 0 radical (unpaired) electrons. The van der Waals surface area contributed by atoms with Crippen LogP contribution in [0.4, 0.5) is 40.6 Å². The van der Waals surface area contributed by atoms with Crippen LogP contribution in [-0.2, 0) is 6.42 Å². The Morgan fingerprint density at radius 3 is 2.42 bits per heavy atom. The topological polar surface area (TPSA) is 56.3 Å². The van der Waals surface area contributed by atoms with Gasteiger partial charge in [-0.1, -0.05) is 0 Å². The third kappa shape index (κ3) is 4.69. The molecule has 36 heavy (non-hydrogen) atoms. The second-order valence-electron chi connectivity index (χ2n) is 9.38. The number of hydrogen-bond donors (Lipinski definition) is 2. The second kappa shape index (κ2) is 9.93. The van der Waals surface area contributed by atoms with E-state index in [0.717, 1.165) is 37.0 Å². The van der Waals surface area contributed by atoms with Gasteiger partial charge in [0.25, 0.3) is 0 Å². The lowest BCUT2D eigenvalue weighted by Crippen LogP contribution is -2.43. The van der Waals surface area contributed by atoms with Crippen LogP contribution in [0.5, 0.6) is 0 Å². The first kappa shape index (κ1) is 24.3. The minimum atomic E-state index is -0.743. The van der Waals surface area contributed by atoms with Gasteiger partial charge in [-0.2, -0.15) is 0 Å². The van der Waals surface area contributed by atoms with Gasteiger partial charge in [-0.05, 0) is 38.8 Å². The van der Waals surface area contributed by atoms with E-state index in [0.29, 0.717) is 38.2 Å². The molecular formula is C26H28F4N6. The highest BCUT2D eigenvalue weighted by atomic mass is 19.1. The zero-order valence-corrected chi connectivity index (χ0v) is 20.2. The van der Waals surface area contributed by atoms with E-state index in [9.17, 15) is 13.2 Å². The number of nitrogens with one attached hydrogen (secondary N) is 2. The van der Waals surface area contributed by atoms with Crippen LogP contribution >= 0.6 is 0 Å². The maximum absolute atomic E-state index is 15.0. The molecule has 0 aliphatic carbocycles. The summed E-state index contributed by atoms with van der Waals surface area (Å²) < 4.78 is 59.5. The van der Waals surface area contributed by atoms with Crippen molar-refractivity contribution in [2.45, 2.75) is 32.7 Å². The Kier molecular flexibility index (Phi) is 6.70. The van der Waals surface area contributed by atoms with Gasteiger partial charge in [0.15, 0.2) is 5.82 Å². The van der Waals surface area contributed by atoms with Crippen molar-refractivity contribution < 1.29 is 17.6 Å². The van der Waals surface area contributed by atoms with Crippen LogP contribution in [0, 0.1) is 23.3 Å². The number of anilines is 4. The first-order chi connectivity index (χ1) is 17.3. The van der Waals surface area contributed by atoms with Crippen LogP contribution in [0.25, 0.3) is 11.3 Å². The van der Waals surface area contributed by atoms with Gasteiger partial charge in [-0.25, -0.2) is 27.5 Å². The van der Waals surface area contributed by atoms with E-state index in [1.807, 2.05) is 13.8 Å². The Hall–Kier alpha value is -3.40. The maximum Gasteiger partial charge on any atom is 0.228 e. The summed E-state index contributed by atoms with van der Waals surface area (Å²) >= 11 is 0. The van der Waals surface area contributed by atoms with Crippen molar-refractivity contribution >= 4 is 23.0 Å². The molecule has 0 atom stereocenters. The van der Waals surface area contributed by atoms with Crippen molar-refractivity contribution in [3.05, 3.63) is 59.3 Å². The van der Waals surface area contributed by atoms with Crippen LogP contribution in [0.3, 0.4) is 0 Å². The zero-order valence-electron chi connectivity index (χ0n) is 20.2. The molecule has 190 valence electrons. The number of halogens is 4. The lowest BCUT2D eigenvalue weighted by Gasteiger charge is -2.35. The molecule has 1 aromatic heterocycles. The molecule has 0 unspecified atom stereocenters. The quantitative estimate of drug-likeness (QED) is 0.480. The number of piperazine rings is 1. The lowest BCUT2D eigenvalue weighted by atomic mass is 9.96. The Bertz CT molecular complexity index is 1280. The van der Waals surface area contributed by atoms with E-state index >= 15 is 4.39 Å². The van der Waals surface area contributed by atoms with Crippen LogP contribution in [0.1, 0.15) is 25.8 Å². The van der Waals surface area contributed by atoms with Crippen molar-refractivity contribution in [2.24, 2.45) is 0 Å². The Morgan fingerprint density at radius 1 is 0.889 bits per heavy atom. The normalized spacial score (nSPS) is 15.9. The maximum atomic E-state index is 15.0. The average molecular weight is 501 g/mol. The van der Waals surface area contributed by atoms with Crippen molar-refractivity contribution in [1.29, 1.82) is 0 Å². The molecule has 2 aromatic carbocycles. The van der Waals surface area contributed by atoms with Gasteiger partial charge in [0.1, 0.15) is 23.1 Å². The van der Waals surface area contributed by atoms with Crippen molar-refractivity contribution in [2.75, 3.05) is 47.8 Å². The minimum Gasteiger partial charge on any atom is -0.369 e. The molecule has 1 saturated heterocycles. The summed E-state index contributed by atoms with van der Waals surface area (Å²) in [7, 11) is 0. The molecule has 2 aliphatic rings. The van der Waals surface area contributed by atoms with Crippen LogP contribution in [0.15, 0.2) is 30.5 Å². The van der Waals surface area contributed by atoms with Crippen molar-refractivity contribution in [3.8, 4) is 11.3 Å². The van der Waals surface area contributed by atoms with E-state index < -0.39 is 23.3 Å². The lowest BCUT2D eigenvalue weighted by molar-refractivity contribution is 0.559. The predicted octanol–water partition coefficient (Wildman–Crippen LogP) is 5.01. The largest absolute Gasteiger partial charge is 0.369 e. The van der Waals surface area contributed by atoms with Crippen molar-refractivity contribution in [3.63, 3.8) is 0 Å². The predicted molar refractivity (Wildman–Crippen MR) is 133 cm³/mol. The van der Waals surface area contributed by atoms with Gasteiger partial charge in [0, 0.05) is 67.7 Å². The Labute approximate surface area is 207 Å². The highest BCUT2D eigenvalue weighted by Crippen LogP contribution is 2.36. The van der Waals surface area contributed by atoms with Gasteiger partial charge in [-0.3, -0.25) is 0 Å². The Morgan fingerprint density at radius 2 is 1.67 bits per heavy atom. The average Bonchev–Trinajstić information content (AvgIpc) is 2.87. The number of nitrogens with zero attached hydrogens (tertiary/aromatic N) is 4. The molecule has 0 saturated carbocycles. The summed E-state index contributed by atoms with van der Waals surface area (Å²) in [5.74, 6) is -2.57. The van der Waals surface area contributed by atoms with E-state index in [-0.39, 0.29) is 34.6 Å². The fourth-order valence-corrected chi connectivity index (χ4v) is 4.88. The molecular weight excluding hydrogens is 472 g/mol. The fraction of sp³-hybridized carbons (Fsp3) is 0.385. The standard InChI is InChI=1S/C26H28F4N6/c1-15(2)36-7-3-4-17-18(27)10-16(11-23(17)36)25-21(30)14-32-26(34-25)33-22-12-20(29)24(13-19(22)28)35-8-5-31-6-9-35/h10-15,31H,3-9H2,1-2H3,(H,32,33,34). The summed E-state index contributed by atoms with van der Waals surface area (Å²) in [5, 5.41) is 5.82. The van der Waals surface area contributed by atoms with Crippen LogP contribution in [0.2, 0.25) is 0 Å². The third-order valence-electron chi connectivity index (χ3n) is 6.69. The number of fused-ring (bicyclic) bond motifs is 1. The van der Waals surface area contributed by atoms with E-state index in [2.05, 4.69) is 25.5 Å². The molecule has 0 spiro atoms. The van der Waals surface area contributed by atoms with Crippen molar-refractivity contribution in [1.82, 2.24) is 15.3 Å². The summed E-state index contributed by atoms with van der Waals surface area (Å²) in [4.78, 5) is 11.9. The van der Waals surface area contributed by atoms with E-state index in [1.54, 1.807) is 11.0 Å². The molecule has 3 aromatic rings. The molecule has 5 rings (SSSR count). The molecule has 6 nitrogen and oxygen atoms in total. The minimum absolute atomic E-state index is 0.123. The number of rotatable bonds is 5. The molecule has 1 fully saturated rings. The molecule has 3 heterocycles. The van der Waals surface area contributed by atoms with E-state index in [4.69, 9.17) is 0 Å². The zero-order chi connectivity index (χ0) is 25.4. The van der Waals surface area contributed by atoms with Gasteiger partial charge in [-0.15, -0.1) is 0 Å². The summed E-state index contributed by atoms with van der Waals surface area (Å²) in [6.07, 6.45) is 2.39. The van der Waals surface area contributed by atoms with Gasteiger partial charge in [0.05, 0.1) is 17.6 Å². The van der Waals surface area contributed by atoms with Crippen LogP contribution in [-0.4, -0.2) is 48.7 Å². The third-order valence-corrected chi connectivity index (χ3v) is 6.69. The highest BCUT2D eigenvalue weighted by molar-refractivity contribution is 5.71. The second-order valence-corrected chi connectivity index (χ2v) is 9.38. The summed E-state index contributed by atoms with van der Waals surface area (Å²) in [5.41, 5.74) is 1.46. The Balaban J connectivity index is 1.47. The molecule has 2 N–H and O–H groups in total. The summed E-state index contributed by atoms with van der Waals surface area (Å²) in [6.45, 7) is 7.33. The molecule has 2 aliphatic heterocycles.